The second kappa shape index (κ2) is 10.9. The number of methoxy groups -OCH3 is 1. The largest absolute Gasteiger partial charge is 0.493 e. The molecule has 3 N–H and O–H groups in total. The summed E-state index contributed by atoms with van der Waals surface area (Å²) in [4.78, 5) is 10.8. The molecule has 0 fully saturated rings. The molecule has 0 saturated heterocycles. The molecule has 156 valence electrons. The van der Waals surface area contributed by atoms with Gasteiger partial charge in [-0.25, -0.2) is 10.2 Å². The Bertz CT molecular complexity index is 850. The zero-order valence-electron chi connectivity index (χ0n) is 17.4. The third-order valence-corrected chi connectivity index (χ3v) is 4.19. The predicted octanol–water partition coefficient (Wildman–Crippen LogP) is 3.98. The average Bonchev–Trinajstić information content (AvgIpc) is 2.68. The maximum atomic E-state index is 10.8. The smallest absolute Gasteiger partial charge is 0.332 e. The lowest BCUT2D eigenvalue weighted by Crippen LogP contribution is -2.24. The Morgan fingerprint density at radius 2 is 1.93 bits per heavy atom. The summed E-state index contributed by atoms with van der Waals surface area (Å²) >= 11 is 0. The number of hydrogen-bond acceptors (Lipinski definition) is 5. The van der Waals surface area contributed by atoms with Gasteiger partial charge in [-0.05, 0) is 42.2 Å². The van der Waals surface area contributed by atoms with Gasteiger partial charge in [-0.15, -0.1) is 0 Å². The van der Waals surface area contributed by atoms with E-state index in [1.807, 2.05) is 12.1 Å². The van der Waals surface area contributed by atoms with E-state index < -0.39 is 6.03 Å². The number of ether oxygens (including phenoxy) is 3. The molecule has 2 aromatic rings. The van der Waals surface area contributed by atoms with Crippen molar-refractivity contribution in [3.63, 3.8) is 0 Å². The number of nitrogens with one attached hydrogen (secondary N) is 1. The minimum Gasteiger partial charge on any atom is -0.493 e. The summed E-state index contributed by atoms with van der Waals surface area (Å²) in [6.45, 7) is 7.33. The molecule has 0 heterocycles. The molecule has 29 heavy (non-hydrogen) atoms. The van der Waals surface area contributed by atoms with Gasteiger partial charge in [0.25, 0.3) is 0 Å². The number of aryl methyl sites for hydroxylation is 1. The lowest BCUT2D eigenvalue weighted by molar-refractivity contribution is 0.238. The summed E-state index contributed by atoms with van der Waals surface area (Å²) in [5.74, 6) is 2.44. The number of nitrogens with two attached hydrogens (primary N) is 1. The molecule has 2 rings (SSSR count). The quantitative estimate of drug-likeness (QED) is 0.359. The van der Waals surface area contributed by atoms with E-state index in [0.717, 1.165) is 5.75 Å². The van der Waals surface area contributed by atoms with Crippen LogP contribution in [0.2, 0.25) is 0 Å². The molecular weight excluding hydrogens is 370 g/mol. The highest BCUT2D eigenvalue weighted by Crippen LogP contribution is 2.30. The molecule has 7 nitrogen and oxygen atoms in total. The van der Waals surface area contributed by atoms with Gasteiger partial charge in [-0.3, -0.25) is 0 Å². The van der Waals surface area contributed by atoms with E-state index in [2.05, 4.69) is 49.5 Å². The molecule has 0 radical (unpaired) electrons. The summed E-state index contributed by atoms with van der Waals surface area (Å²) in [7, 11) is 1.57. The van der Waals surface area contributed by atoms with Gasteiger partial charge in [0.1, 0.15) is 5.75 Å². The number of benzene rings is 2. The summed E-state index contributed by atoms with van der Waals surface area (Å²) in [5.41, 5.74) is 10.2. The van der Waals surface area contributed by atoms with E-state index in [9.17, 15) is 4.79 Å². The fraction of sp³-hybridized carbons (Fsp3) is 0.364. The van der Waals surface area contributed by atoms with Gasteiger partial charge in [0.05, 0.1) is 26.5 Å². The highest BCUT2D eigenvalue weighted by atomic mass is 16.5. The van der Waals surface area contributed by atoms with Crippen LogP contribution in [0.15, 0.2) is 41.5 Å². The lowest BCUT2D eigenvalue weighted by Gasteiger charge is -2.16. The van der Waals surface area contributed by atoms with Crippen LogP contribution in [0, 0.1) is 6.92 Å². The minimum absolute atomic E-state index is 0.395. The van der Waals surface area contributed by atoms with Crippen molar-refractivity contribution in [3.8, 4) is 17.2 Å². The van der Waals surface area contributed by atoms with Crippen molar-refractivity contribution in [2.24, 2.45) is 10.8 Å². The first-order valence-corrected chi connectivity index (χ1v) is 9.54. The van der Waals surface area contributed by atoms with Crippen LogP contribution in [0.1, 0.15) is 42.9 Å². The van der Waals surface area contributed by atoms with E-state index in [0.29, 0.717) is 42.6 Å². The SMILES string of the molecule is COc1cccc(C=NNC(N)=O)c1OCCCOc1cc(C)ccc1C(C)C. The van der Waals surface area contributed by atoms with Crippen LogP contribution in [-0.2, 0) is 0 Å². The molecule has 0 aliphatic carbocycles. The highest BCUT2D eigenvalue weighted by molar-refractivity contribution is 5.86. The first kappa shape index (κ1) is 22.1. The molecular formula is C22H29N3O4. The van der Waals surface area contributed by atoms with Crippen molar-refractivity contribution in [2.45, 2.75) is 33.1 Å². The van der Waals surface area contributed by atoms with Crippen molar-refractivity contribution >= 4 is 12.2 Å². The number of urea groups is 1. The predicted molar refractivity (Wildman–Crippen MR) is 114 cm³/mol. The Morgan fingerprint density at radius 3 is 2.62 bits per heavy atom. The Labute approximate surface area is 171 Å². The van der Waals surface area contributed by atoms with E-state index in [4.69, 9.17) is 19.9 Å². The summed E-state index contributed by atoms with van der Waals surface area (Å²) in [5, 5.41) is 3.79. The maximum absolute atomic E-state index is 10.8. The zero-order valence-corrected chi connectivity index (χ0v) is 17.4. The Kier molecular flexibility index (Phi) is 8.33. The molecule has 0 saturated carbocycles. The lowest BCUT2D eigenvalue weighted by atomic mass is 10.0. The Balaban J connectivity index is 1.96. The van der Waals surface area contributed by atoms with Crippen LogP contribution in [-0.4, -0.2) is 32.6 Å². The standard InChI is InChI=1S/C22H29N3O4/c1-15(2)18-10-9-16(3)13-20(18)28-11-6-12-29-21-17(14-24-25-22(23)26)7-5-8-19(21)27-4/h5,7-10,13-15H,6,11-12H2,1-4H3,(H3,23,25,26). The van der Waals surface area contributed by atoms with Crippen LogP contribution < -0.4 is 25.4 Å². The molecule has 2 aromatic carbocycles. The third-order valence-electron chi connectivity index (χ3n) is 4.19. The van der Waals surface area contributed by atoms with Gasteiger partial charge < -0.3 is 19.9 Å². The van der Waals surface area contributed by atoms with Gasteiger partial charge in [0.15, 0.2) is 11.5 Å². The van der Waals surface area contributed by atoms with E-state index in [1.165, 1.54) is 17.3 Å². The molecule has 0 aliphatic rings. The highest BCUT2D eigenvalue weighted by Gasteiger charge is 2.11. The first-order chi connectivity index (χ1) is 13.9. The van der Waals surface area contributed by atoms with Crippen LogP contribution in [0.5, 0.6) is 17.2 Å². The van der Waals surface area contributed by atoms with E-state index in [-0.39, 0.29) is 0 Å². The molecule has 0 aliphatic heterocycles. The zero-order chi connectivity index (χ0) is 21.2. The van der Waals surface area contributed by atoms with Gasteiger partial charge in [0.2, 0.25) is 0 Å². The number of carbonyl (C=O) groups excluding carboxylic acids is 1. The monoisotopic (exact) mass is 399 g/mol. The Morgan fingerprint density at radius 1 is 1.17 bits per heavy atom. The number of hydrogen-bond donors (Lipinski definition) is 2. The average molecular weight is 399 g/mol. The fourth-order valence-electron chi connectivity index (χ4n) is 2.77. The number of primary amides is 1. The first-order valence-electron chi connectivity index (χ1n) is 9.54. The second-order valence-corrected chi connectivity index (χ2v) is 6.86. The second-order valence-electron chi connectivity index (χ2n) is 6.86. The number of amides is 2. The number of nitrogens with zero attached hydrogens (tertiary/aromatic N) is 1. The molecule has 0 spiro atoms. The van der Waals surface area contributed by atoms with Gasteiger partial charge in [-0.2, -0.15) is 5.10 Å². The number of rotatable bonds is 10. The van der Waals surface area contributed by atoms with Crippen molar-refractivity contribution in [1.82, 2.24) is 5.43 Å². The van der Waals surface area contributed by atoms with Crippen molar-refractivity contribution < 1.29 is 19.0 Å². The van der Waals surface area contributed by atoms with Crippen LogP contribution in [0.3, 0.4) is 0 Å². The number of carbonyl (C=O) groups is 1. The molecule has 2 amide bonds. The summed E-state index contributed by atoms with van der Waals surface area (Å²) in [6, 6.07) is 11.0. The molecule has 0 bridgehead atoms. The molecule has 7 heteroatoms. The number of para-hydroxylation sites is 1. The topological polar surface area (TPSA) is 95.2 Å². The normalized spacial score (nSPS) is 10.9. The van der Waals surface area contributed by atoms with Crippen LogP contribution in [0.4, 0.5) is 4.79 Å². The molecule has 0 atom stereocenters. The third kappa shape index (κ3) is 6.71. The van der Waals surface area contributed by atoms with Crippen LogP contribution >= 0.6 is 0 Å². The van der Waals surface area contributed by atoms with E-state index in [1.54, 1.807) is 13.2 Å². The van der Waals surface area contributed by atoms with Crippen LogP contribution in [0.25, 0.3) is 0 Å². The summed E-state index contributed by atoms with van der Waals surface area (Å²) < 4.78 is 17.3. The van der Waals surface area contributed by atoms with Crippen molar-refractivity contribution in [2.75, 3.05) is 20.3 Å². The van der Waals surface area contributed by atoms with Gasteiger partial charge in [0, 0.05) is 12.0 Å². The molecule has 0 aromatic heterocycles. The fourth-order valence-corrected chi connectivity index (χ4v) is 2.77. The maximum Gasteiger partial charge on any atom is 0.332 e. The van der Waals surface area contributed by atoms with Gasteiger partial charge in [-0.1, -0.05) is 32.0 Å². The Hall–Kier alpha value is -3.22. The van der Waals surface area contributed by atoms with E-state index >= 15 is 0 Å². The van der Waals surface area contributed by atoms with Crippen molar-refractivity contribution in [1.29, 1.82) is 0 Å². The summed E-state index contributed by atoms with van der Waals surface area (Å²) in [6.07, 6.45) is 2.15. The minimum atomic E-state index is -0.735. The van der Waals surface area contributed by atoms with Gasteiger partial charge >= 0.3 is 6.03 Å². The van der Waals surface area contributed by atoms with Crippen molar-refractivity contribution in [3.05, 3.63) is 53.1 Å². The molecule has 0 unspecified atom stereocenters. The number of hydrazone groups is 1.